The predicted octanol–water partition coefficient (Wildman–Crippen LogP) is 2.70. The summed E-state index contributed by atoms with van der Waals surface area (Å²) in [5.41, 5.74) is 0.757. The summed E-state index contributed by atoms with van der Waals surface area (Å²) in [6.45, 7) is 4.96. The quantitative estimate of drug-likeness (QED) is 0.881. The van der Waals surface area contributed by atoms with Crippen LogP contribution in [0.1, 0.15) is 6.42 Å². The molecule has 7 heteroatoms. The van der Waals surface area contributed by atoms with E-state index in [0.29, 0.717) is 16.8 Å². The van der Waals surface area contributed by atoms with E-state index >= 15 is 0 Å². The number of benzene rings is 1. The van der Waals surface area contributed by atoms with E-state index in [1.807, 2.05) is 0 Å². The summed E-state index contributed by atoms with van der Waals surface area (Å²) >= 11 is 5.21. The van der Waals surface area contributed by atoms with Crippen LogP contribution in [0.15, 0.2) is 12.1 Å². The normalized spacial score (nSPS) is 16.7. The molecule has 1 fully saturated rings. The van der Waals surface area contributed by atoms with Crippen LogP contribution in [-0.2, 0) is 11.3 Å². The lowest BCUT2D eigenvalue weighted by atomic mass is 10.3. The Bertz CT molecular complexity index is 691. The van der Waals surface area contributed by atoms with E-state index in [4.69, 9.17) is 17.0 Å². The van der Waals surface area contributed by atoms with Crippen molar-refractivity contribution in [3.63, 3.8) is 0 Å². The highest BCUT2D eigenvalue weighted by Gasteiger charge is 2.12. The van der Waals surface area contributed by atoms with Gasteiger partial charge in [0.15, 0.2) is 10.6 Å². The first-order valence-electron chi connectivity index (χ1n) is 7.03. The molecule has 1 saturated heterocycles. The zero-order valence-corrected chi connectivity index (χ0v) is 12.4. The molecular formula is C14H17F2N3OS. The Morgan fingerprint density at radius 3 is 2.71 bits per heavy atom. The number of rotatable bonds is 4. The second-order valence-electron chi connectivity index (χ2n) is 5.17. The monoisotopic (exact) mass is 313 g/mol. The Morgan fingerprint density at radius 1 is 1.19 bits per heavy atom. The van der Waals surface area contributed by atoms with Crippen LogP contribution in [0, 0.1) is 16.4 Å². The minimum absolute atomic E-state index is 0.271. The van der Waals surface area contributed by atoms with Crippen molar-refractivity contribution in [3.8, 4) is 0 Å². The zero-order chi connectivity index (χ0) is 14.8. The maximum Gasteiger partial charge on any atom is 0.178 e. The van der Waals surface area contributed by atoms with Crippen LogP contribution in [-0.4, -0.2) is 47.3 Å². The molecule has 0 unspecified atom stereocenters. The molecule has 1 aromatic carbocycles. The summed E-state index contributed by atoms with van der Waals surface area (Å²) in [6, 6.07) is 2.19. The molecule has 114 valence electrons. The number of hydrogen-bond donors (Lipinski definition) is 1. The number of fused-ring (bicyclic) bond motifs is 1. The van der Waals surface area contributed by atoms with Gasteiger partial charge in [0.05, 0.1) is 18.7 Å². The molecule has 21 heavy (non-hydrogen) atoms. The van der Waals surface area contributed by atoms with E-state index in [-0.39, 0.29) is 5.52 Å². The molecule has 0 spiro atoms. The molecule has 0 radical (unpaired) electrons. The highest BCUT2D eigenvalue weighted by atomic mass is 32.1. The lowest BCUT2D eigenvalue weighted by Crippen LogP contribution is -2.37. The van der Waals surface area contributed by atoms with Gasteiger partial charge < -0.3 is 14.3 Å². The summed E-state index contributed by atoms with van der Waals surface area (Å²) in [6.07, 6.45) is 0.874. The summed E-state index contributed by atoms with van der Waals surface area (Å²) in [4.78, 5) is 5.14. The number of hydrogen-bond acceptors (Lipinski definition) is 3. The van der Waals surface area contributed by atoms with Crippen LogP contribution in [0.2, 0.25) is 0 Å². The summed E-state index contributed by atoms with van der Waals surface area (Å²) in [5, 5.41) is 0. The van der Waals surface area contributed by atoms with Crippen molar-refractivity contribution in [1.29, 1.82) is 0 Å². The van der Waals surface area contributed by atoms with Crippen molar-refractivity contribution in [2.75, 3.05) is 32.8 Å². The van der Waals surface area contributed by atoms with Crippen LogP contribution in [0.4, 0.5) is 8.78 Å². The van der Waals surface area contributed by atoms with Crippen molar-refractivity contribution in [3.05, 3.63) is 28.5 Å². The first-order valence-corrected chi connectivity index (χ1v) is 7.43. The summed E-state index contributed by atoms with van der Waals surface area (Å²) in [5.74, 6) is -1.20. The van der Waals surface area contributed by atoms with Gasteiger partial charge in [-0.15, -0.1) is 0 Å². The van der Waals surface area contributed by atoms with Gasteiger partial charge in [0, 0.05) is 32.2 Å². The van der Waals surface area contributed by atoms with Gasteiger partial charge in [-0.05, 0) is 24.7 Å². The molecule has 1 aliphatic heterocycles. The fraction of sp³-hybridized carbons (Fsp3) is 0.500. The molecule has 1 N–H and O–H groups in total. The van der Waals surface area contributed by atoms with Crippen LogP contribution in [0.5, 0.6) is 0 Å². The number of aromatic nitrogens is 2. The third kappa shape index (κ3) is 3.14. The summed E-state index contributed by atoms with van der Waals surface area (Å²) in [7, 11) is 0. The maximum atomic E-state index is 13.7. The van der Waals surface area contributed by atoms with E-state index in [1.54, 1.807) is 4.57 Å². The first-order chi connectivity index (χ1) is 10.1. The number of ether oxygens (including phenoxy) is 1. The molecule has 2 heterocycles. The van der Waals surface area contributed by atoms with Crippen LogP contribution < -0.4 is 0 Å². The highest BCUT2D eigenvalue weighted by molar-refractivity contribution is 7.71. The minimum atomic E-state index is -0.608. The second-order valence-corrected chi connectivity index (χ2v) is 5.56. The molecule has 2 aromatic rings. The number of H-pyrrole nitrogens is 1. The molecule has 3 rings (SSSR count). The Labute approximate surface area is 126 Å². The van der Waals surface area contributed by atoms with Crippen molar-refractivity contribution in [1.82, 2.24) is 14.5 Å². The van der Waals surface area contributed by atoms with Gasteiger partial charge in [-0.3, -0.25) is 4.90 Å². The fourth-order valence-corrected chi connectivity index (χ4v) is 2.97. The van der Waals surface area contributed by atoms with Crippen LogP contribution in [0.3, 0.4) is 0 Å². The lowest BCUT2D eigenvalue weighted by molar-refractivity contribution is 0.0369. The average Bonchev–Trinajstić information content (AvgIpc) is 2.77. The zero-order valence-electron chi connectivity index (χ0n) is 11.6. The number of imidazole rings is 1. The molecular weight excluding hydrogens is 296 g/mol. The number of halogens is 2. The van der Waals surface area contributed by atoms with Gasteiger partial charge in [0.2, 0.25) is 0 Å². The fourth-order valence-electron chi connectivity index (χ4n) is 2.68. The maximum absolute atomic E-state index is 13.7. The van der Waals surface area contributed by atoms with Crippen LogP contribution >= 0.6 is 12.2 Å². The molecule has 0 aliphatic carbocycles. The van der Waals surface area contributed by atoms with Gasteiger partial charge in [-0.2, -0.15) is 0 Å². The van der Waals surface area contributed by atoms with Crippen molar-refractivity contribution < 1.29 is 13.5 Å². The lowest BCUT2D eigenvalue weighted by Gasteiger charge is -2.26. The molecule has 0 bridgehead atoms. The van der Waals surface area contributed by atoms with Crippen molar-refractivity contribution in [2.45, 2.75) is 13.0 Å². The van der Waals surface area contributed by atoms with Crippen molar-refractivity contribution >= 4 is 23.3 Å². The Kier molecular flexibility index (Phi) is 4.32. The Hall–Kier alpha value is -1.31. The second kappa shape index (κ2) is 6.21. The summed E-state index contributed by atoms with van der Waals surface area (Å²) < 4.78 is 34.6. The van der Waals surface area contributed by atoms with E-state index in [9.17, 15) is 8.78 Å². The van der Waals surface area contributed by atoms with Gasteiger partial charge >= 0.3 is 0 Å². The third-order valence-electron chi connectivity index (χ3n) is 3.76. The molecule has 1 aromatic heterocycles. The average molecular weight is 313 g/mol. The highest BCUT2D eigenvalue weighted by Crippen LogP contribution is 2.19. The molecule has 0 amide bonds. The molecule has 1 aliphatic rings. The molecule has 0 atom stereocenters. The van der Waals surface area contributed by atoms with Crippen molar-refractivity contribution in [2.24, 2.45) is 0 Å². The van der Waals surface area contributed by atoms with E-state index < -0.39 is 11.6 Å². The number of aryl methyl sites for hydroxylation is 1. The van der Waals surface area contributed by atoms with Gasteiger partial charge in [-0.1, -0.05) is 0 Å². The largest absolute Gasteiger partial charge is 0.379 e. The van der Waals surface area contributed by atoms with E-state index in [0.717, 1.165) is 45.3 Å². The minimum Gasteiger partial charge on any atom is -0.379 e. The molecule has 4 nitrogen and oxygen atoms in total. The predicted molar refractivity (Wildman–Crippen MR) is 78.9 cm³/mol. The Balaban J connectivity index is 1.74. The number of aromatic amines is 1. The van der Waals surface area contributed by atoms with Gasteiger partial charge in [0.1, 0.15) is 11.3 Å². The molecule has 0 saturated carbocycles. The van der Waals surface area contributed by atoms with Gasteiger partial charge in [0.25, 0.3) is 0 Å². The Morgan fingerprint density at radius 2 is 1.95 bits per heavy atom. The number of nitrogens with zero attached hydrogens (tertiary/aromatic N) is 2. The third-order valence-corrected chi connectivity index (χ3v) is 4.08. The topological polar surface area (TPSA) is 33.2 Å². The smallest absolute Gasteiger partial charge is 0.178 e. The first kappa shape index (κ1) is 14.6. The number of morpholine rings is 1. The van der Waals surface area contributed by atoms with Crippen LogP contribution in [0.25, 0.3) is 11.0 Å². The number of nitrogens with one attached hydrogen (secondary N) is 1. The van der Waals surface area contributed by atoms with E-state index in [1.165, 1.54) is 6.07 Å². The standard InChI is InChI=1S/C14H17F2N3OS/c15-10-8-11(16)13-12(9-10)19(14(21)17-13)3-1-2-18-4-6-20-7-5-18/h8-9H,1-7H2,(H,17,21). The van der Waals surface area contributed by atoms with E-state index in [2.05, 4.69) is 9.88 Å². The SMILES string of the molecule is Fc1cc(F)c2[nH]c(=S)n(CCCN3CCOCC3)c2c1. The van der Waals surface area contributed by atoms with Gasteiger partial charge in [-0.25, -0.2) is 8.78 Å².